The van der Waals surface area contributed by atoms with Crippen molar-refractivity contribution in [3.8, 4) is 51.7 Å². The number of nitrogens with zero attached hydrogens (tertiary/aromatic N) is 3. The fourth-order valence-electron chi connectivity index (χ4n) is 17.4. The van der Waals surface area contributed by atoms with E-state index in [1.54, 1.807) is 180 Å². The number of esters is 2. The minimum absolute atomic E-state index is 0. The number of hydrogen-bond acceptors (Lipinski definition) is 22. The Morgan fingerprint density at radius 2 is 0.696 bits per heavy atom. The molecule has 0 spiro atoms. The summed E-state index contributed by atoms with van der Waals surface area (Å²) in [5.74, 6) is 2.70. The Balaban J connectivity index is 0.000000191. The molecule has 0 bridgehead atoms. The molecule has 4 atom stereocenters. The molecule has 782 valence electrons. The number of carbonyl (C=O) groups excluding carboxylic acids is 5. The Morgan fingerprint density at radius 1 is 0.385 bits per heavy atom. The van der Waals surface area contributed by atoms with Crippen LogP contribution in [0.25, 0.3) is 0 Å². The van der Waals surface area contributed by atoms with E-state index in [0.717, 1.165) is 79.6 Å². The van der Waals surface area contributed by atoms with E-state index in [1.165, 1.54) is 30.4 Å². The Kier molecular flexibility index (Phi) is 44.9. The van der Waals surface area contributed by atoms with Crippen LogP contribution in [0.15, 0.2) is 200 Å². The van der Waals surface area contributed by atoms with Gasteiger partial charge in [-0.2, -0.15) is 0 Å². The molecule has 7 aliphatic rings. The number of methoxy groups -OCH3 is 6. The molecule has 4 unspecified atom stereocenters. The number of aliphatic carboxylic acids is 2. The van der Waals surface area contributed by atoms with Crippen LogP contribution in [0.5, 0.6) is 51.7 Å². The van der Waals surface area contributed by atoms with Gasteiger partial charge in [0.2, 0.25) is 5.91 Å². The monoisotopic (exact) mass is 2300 g/mol. The van der Waals surface area contributed by atoms with E-state index >= 15 is 0 Å². The van der Waals surface area contributed by atoms with Crippen molar-refractivity contribution in [2.45, 2.75) is 145 Å². The van der Waals surface area contributed by atoms with Crippen LogP contribution in [0.3, 0.4) is 0 Å². The van der Waals surface area contributed by atoms with Crippen LogP contribution in [0, 0.1) is 24.7 Å². The first-order chi connectivity index (χ1) is 69.5. The number of carboxylic acid groups (broad SMARTS) is 2. The average Bonchev–Trinajstić information content (AvgIpc) is 1.57. The molecule has 3 fully saturated rings. The Labute approximate surface area is 930 Å². The Bertz CT molecular complexity index is 6450. The summed E-state index contributed by atoms with van der Waals surface area (Å²) in [6, 6.07) is 58.2. The number of hydrogen-bond donors (Lipinski definition) is 5. The number of halogens is 10. The van der Waals surface area contributed by atoms with Crippen LogP contribution in [-0.2, 0) is 75.1 Å². The van der Waals surface area contributed by atoms with E-state index in [1.807, 2.05) is 92.7 Å². The standard InChI is InChI=1S/C31H32Cl2N2O6.C29H28Cl2N2O5.C17H14BrCl2NO2.C14H19NO4.C10H11ClO.C8H6BrClO2.CH4.Li.H2O/c1-4-40-31(37)20-11-24(12-20)41-25-15-22(14-23(16-25)38-2)34-29(18-5-7-21(32)8-6-18)30(36)35-10-9-19-13-28(39-3)26(33)17-27(19)35;1-16-9-18-7-8-33(26(18)15-25(16)31)28(34)27(17-3-5-20(30)6-4-17)32-21-12-22(37-2)14-24(13-21)38-23-10-19(11-23)29(35)36;1-23-15-8-11-6-7-21(14(11)9-13(15)20)17(22)16(18)10-2-4-12(19)5-3-10;1-3-18-14(16)9-4-12(5-9)19-13-7-10(15)6-11(8-13)17-2;1-12-10-6-8-4-2-3-7(8)5-9(10)11;9-7(8(11)12)5-1-3-6(10)4-2-5;;;/h5-8,13-17,20,24,29,34H,4,9-12H2,1-3H3;3-6,9,12-15,19,23,27,32H,7-8,10-11H2,1-2H3,(H,35,36);2-5,8-9,16H,6-7H2,1H3;6-9,12H,3-5,15H2,1-2H3;5-6H,2-4H2,1H3;1-4,7H,(H,11,12);1H4;;1H2/q;;;;;;;+1;/p-1. The minimum Gasteiger partial charge on any atom is -0.870 e. The molecule has 27 nitrogen and oxygen atoms in total. The van der Waals surface area contributed by atoms with Gasteiger partial charge in [-0.15, -0.1) is 0 Å². The van der Waals surface area contributed by atoms with E-state index < -0.39 is 33.7 Å². The number of ether oxygens (including phenoxy) is 11. The third-order valence-electron chi connectivity index (χ3n) is 25.3. The average molecular weight is 2310 g/mol. The quantitative estimate of drug-likeness (QED) is 0.0126. The predicted octanol–water partition coefficient (Wildman–Crippen LogP) is 23.0. The zero-order valence-electron chi connectivity index (χ0n) is 82.2. The molecular weight excluding hydrogens is 2190 g/mol. The van der Waals surface area contributed by atoms with Crippen LogP contribution in [0.4, 0.5) is 34.1 Å². The Morgan fingerprint density at radius 3 is 1.06 bits per heavy atom. The number of fused-ring (bicyclic) bond motifs is 4. The first-order valence-corrected chi connectivity index (χ1v) is 51.7. The van der Waals surface area contributed by atoms with Gasteiger partial charge in [-0.05, 0) is 244 Å². The second-order valence-corrected chi connectivity index (χ2v) is 40.2. The van der Waals surface area contributed by atoms with E-state index in [-0.39, 0.29) is 97.5 Å². The van der Waals surface area contributed by atoms with Gasteiger partial charge in [0.25, 0.3) is 11.8 Å². The molecule has 3 saturated carbocycles. The summed E-state index contributed by atoms with van der Waals surface area (Å²) in [5, 5.41) is 29.3. The van der Waals surface area contributed by atoms with Crippen LogP contribution in [0.1, 0.15) is 144 Å². The van der Waals surface area contributed by atoms with Gasteiger partial charge in [0, 0.05) is 133 Å². The molecule has 0 saturated heterocycles. The number of nitrogen functional groups attached to an aromatic ring is 1. The number of benzene rings is 11. The fourth-order valence-corrected chi connectivity index (χ4v) is 19.6. The van der Waals surface area contributed by atoms with Crippen molar-refractivity contribution in [2.75, 3.05) is 107 Å². The van der Waals surface area contributed by atoms with Crippen molar-refractivity contribution in [1.82, 2.24) is 0 Å². The molecule has 148 heavy (non-hydrogen) atoms. The number of carboxylic acids is 2. The van der Waals surface area contributed by atoms with Crippen LogP contribution < -0.4 is 92.6 Å². The smallest absolute Gasteiger partial charge is 0.870 e. The van der Waals surface area contributed by atoms with Gasteiger partial charge in [0.1, 0.15) is 91.8 Å². The number of alkyl halides is 2. The molecule has 38 heteroatoms. The zero-order valence-corrected chi connectivity index (χ0v) is 91.5. The van der Waals surface area contributed by atoms with E-state index in [0.29, 0.717) is 182 Å². The second kappa shape index (κ2) is 55.8. The molecule has 11 aromatic rings. The van der Waals surface area contributed by atoms with Crippen LogP contribution in [0.2, 0.25) is 40.2 Å². The zero-order chi connectivity index (χ0) is 104. The topological polar surface area (TPSA) is 351 Å². The first kappa shape index (κ1) is 119. The molecule has 0 aromatic heterocycles. The maximum Gasteiger partial charge on any atom is 1.00 e. The normalized spacial score (nSPS) is 17.0. The molecule has 3 amide bonds. The Hall–Kier alpha value is -10.9. The van der Waals surface area contributed by atoms with Crippen LogP contribution in [-0.4, -0.2) is 151 Å². The third kappa shape index (κ3) is 31.0. The van der Waals surface area contributed by atoms with Gasteiger partial charge in [-0.25, -0.2) is 0 Å². The van der Waals surface area contributed by atoms with E-state index in [4.69, 9.17) is 161 Å². The number of rotatable bonds is 29. The number of anilines is 6. The van der Waals surface area contributed by atoms with Crippen molar-refractivity contribution in [2.24, 2.45) is 17.8 Å². The van der Waals surface area contributed by atoms with Crippen molar-refractivity contribution >= 4 is 200 Å². The molecule has 11 aromatic carbocycles. The number of amides is 3. The summed E-state index contributed by atoms with van der Waals surface area (Å²) in [5.41, 5.74) is 20.0. The number of nitrogens with one attached hydrogen (secondary N) is 2. The molecular formula is C110H115Br2Cl8LiN6O21. The minimum atomic E-state index is -0.905. The maximum atomic E-state index is 14.1. The maximum absolute atomic E-state index is 14.1. The van der Waals surface area contributed by atoms with Crippen molar-refractivity contribution < 1.29 is 120 Å². The predicted molar refractivity (Wildman–Crippen MR) is 584 cm³/mol. The number of carbonyl (C=O) groups is 7. The number of nitrogens with two attached hydrogens (primary N) is 1. The van der Waals surface area contributed by atoms with E-state index in [9.17, 15) is 33.6 Å². The first-order valence-electron chi connectivity index (χ1n) is 46.8. The molecule has 18 rings (SSSR count). The molecule has 4 aliphatic carbocycles. The SMILES string of the molecule is C.CCOC(=O)C1CC(Oc2cc(N)cc(OC)c2)C1.CCOC(=O)C1CC(Oc2cc(NC(C(=O)N3CCc4cc(OC)c(Cl)cc43)c3ccc(Cl)cc3)cc(OC)c2)C1.COc1cc(NC(C(=O)N2CCc3cc(C)c(Cl)cc32)c2ccc(Cl)cc2)cc(OC2CC(C(=O)O)C2)c1.COc1cc2c(cc1Cl)CCC2.COc1cc2c(cc1Cl)N(C(=O)C(Br)c1ccc(Cl)cc1)CC2.O=C(O)C(Br)c1ccc(Cl)cc1.[Li+].[OH-]. The van der Waals surface area contributed by atoms with Gasteiger partial charge < -0.3 is 98.9 Å². The van der Waals surface area contributed by atoms with Crippen LogP contribution >= 0.6 is 125 Å². The third-order valence-corrected chi connectivity index (χ3v) is 29.5. The summed E-state index contributed by atoms with van der Waals surface area (Å²) in [7, 11) is 9.52. The molecule has 3 aliphatic heterocycles. The molecule has 0 radical (unpaired) electrons. The van der Waals surface area contributed by atoms with Gasteiger partial charge in [-0.1, -0.05) is 187 Å². The fraction of sp³-hybridized carbons (Fsp3) is 0.336. The summed E-state index contributed by atoms with van der Waals surface area (Å²) in [4.78, 5) is 90.3. The van der Waals surface area contributed by atoms with Gasteiger partial charge in [-0.3, -0.25) is 33.6 Å². The molecule has 7 N–H and O–H groups in total. The van der Waals surface area contributed by atoms with Crippen molar-refractivity contribution in [3.05, 3.63) is 296 Å². The molecule has 3 heterocycles. The van der Waals surface area contributed by atoms with Crippen molar-refractivity contribution in [1.29, 1.82) is 0 Å². The van der Waals surface area contributed by atoms with Gasteiger partial charge >= 0.3 is 42.7 Å². The summed E-state index contributed by atoms with van der Waals surface area (Å²) in [6.07, 6.45) is 9.03. The second-order valence-electron chi connectivity index (χ2n) is 35.0. The summed E-state index contributed by atoms with van der Waals surface area (Å²) in [6.45, 7) is 8.05. The van der Waals surface area contributed by atoms with Crippen molar-refractivity contribution in [3.63, 3.8) is 0 Å². The summed E-state index contributed by atoms with van der Waals surface area (Å²) >= 11 is 55.4. The largest absolute Gasteiger partial charge is 1.00 e. The number of aryl methyl sites for hydroxylation is 3. The van der Waals surface area contributed by atoms with Gasteiger partial charge in [0.05, 0.1) is 88.7 Å². The summed E-state index contributed by atoms with van der Waals surface area (Å²) < 4.78 is 59.9. The van der Waals surface area contributed by atoms with Gasteiger partial charge in [0.15, 0.2) is 0 Å². The van der Waals surface area contributed by atoms with E-state index in [2.05, 4.69) is 48.6 Å².